The van der Waals surface area contributed by atoms with Gasteiger partial charge in [0.15, 0.2) is 6.61 Å². The minimum absolute atomic E-state index is 0.0483. The first kappa shape index (κ1) is 19.2. The molecule has 0 aliphatic heterocycles. The van der Waals surface area contributed by atoms with E-state index in [0.29, 0.717) is 12.2 Å². The van der Waals surface area contributed by atoms with Crippen LogP contribution < -0.4 is 15.6 Å². The maximum Gasteiger partial charge on any atom is 0.260 e. The standard InChI is InChI=1S/C19H23N3O4/c1-4-15(21-19(25)14-9-7-11-20-18(14)24)13-8-5-6-10-16(13)26-12-17(23)22(2)3/h5-11,15H,4,12H2,1-3H3,(H,20,24)(H,21,25). The molecule has 2 N–H and O–H groups in total. The Bertz CT molecular complexity index is 829. The highest BCUT2D eigenvalue weighted by Gasteiger charge is 2.19. The number of carbonyl (C=O) groups is 2. The lowest BCUT2D eigenvalue weighted by molar-refractivity contribution is -0.130. The third-order valence-corrected chi connectivity index (χ3v) is 3.92. The first-order chi connectivity index (χ1) is 12.4. The number of nitrogens with zero attached hydrogens (tertiary/aromatic N) is 1. The topological polar surface area (TPSA) is 91.5 Å². The minimum atomic E-state index is -0.460. The molecule has 0 radical (unpaired) electrons. The second kappa shape index (κ2) is 8.84. The normalized spacial score (nSPS) is 11.5. The van der Waals surface area contributed by atoms with Crippen molar-refractivity contribution in [2.45, 2.75) is 19.4 Å². The van der Waals surface area contributed by atoms with Crippen LogP contribution in [0.5, 0.6) is 5.75 Å². The van der Waals surface area contributed by atoms with Gasteiger partial charge >= 0.3 is 0 Å². The van der Waals surface area contributed by atoms with Crippen LogP contribution >= 0.6 is 0 Å². The third kappa shape index (κ3) is 4.72. The number of pyridine rings is 1. The number of ether oxygens (including phenoxy) is 1. The van der Waals surface area contributed by atoms with E-state index < -0.39 is 11.5 Å². The van der Waals surface area contributed by atoms with Crippen molar-refractivity contribution in [1.82, 2.24) is 15.2 Å². The second-order valence-corrected chi connectivity index (χ2v) is 5.96. The van der Waals surface area contributed by atoms with Crippen molar-refractivity contribution in [1.29, 1.82) is 0 Å². The van der Waals surface area contributed by atoms with Crippen LogP contribution in [0.3, 0.4) is 0 Å². The number of likely N-dealkylation sites (N-methyl/N-ethyl adjacent to an activating group) is 1. The molecule has 1 aromatic carbocycles. The Hall–Kier alpha value is -3.09. The number of hydrogen-bond acceptors (Lipinski definition) is 4. The molecule has 1 unspecified atom stereocenters. The van der Waals surface area contributed by atoms with Gasteiger partial charge in [0.25, 0.3) is 17.4 Å². The molecule has 0 saturated carbocycles. The predicted molar refractivity (Wildman–Crippen MR) is 98.2 cm³/mol. The number of aromatic amines is 1. The smallest absolute Gasteiger partial charge is 0.260 e. The zero-order valence-electron chi connectivity index (χ0n) is 15.1. The first-order valence-corrected chi connectivity index (χ1v) is 8.34. The molecule has 0 bridgehead atoms. The molecule has 1 aromatic heterocycles. The maximum absolute atomic E-state index is 12.4. The molecular formula is C19H23N3O4. The number of nitrogens with one attached hydrogen (secondary N) is 2. The van der Waals surface area contributed by atoms with Crippen molar-refractivity contribution in [3.05, 3.63) is 64.1 Å². The number of H-pyrrole nitrogens is 1. The average molecular weight is 357 g/mol. The van der Waals surface area contributed by atoms with Gasteiger partial charge in [0, 0.05) is 25.9 Å². The molecule has 0 fully saturated rings. The summed E-state index contributed by atoms with van der Waals surface area (Å²) in [6, 6.07) is 9.94. The van der Waals surface area contributed by atoms with Gasteiger partial charge in [0.05, 0.1) is 6.04 Å². The maximum atomic E-state index is 12.4. The van der Waals surface area contributed by atoms with Crippen LogP contribution in [0.1, 0.15) is 35.3 Å². The number of carbonyl (C=O) groups excluding carboxylic acids is 2. The SMILES string of the molecule is CCC(NC(=O)c1ccc[nH]c1=O)c1ccccc1OCC(=O)N(C)C. The number of amides is 2. The summed E-state index contributed by atoms with van der Waals surface area (Å²) >= 11 is 0. The van der Waals surface area contributed by atoms with Crippen molar-refractivity contribution in [2.75, 3.05) is 20.7 Å². The van der Waals surface area contributed by atoms with E-state index in [1.54, 1.807) is 32.3 Å². The second-order valence-electron chi connectivity index (χ2n) is 5.96. The lowest BCUT2D eigenvalue weighted by Crippen LogP contribution is -2.33. The molecule has 0 saturated heterocycles. The Morgan fingerprint density at radius 2 is 1.92 bits per heavy atom. The molecule has 26 heavy (non-hydrogen) atoms. The summed E-state index contributed by atoms with van der Waals surface area (Å²) in [6.07, 6.45) is 2.07. The largest absolute Gasteiger partial charge is 0.483 e. The van der Waals surface area contributed by atoms with E-state index in [1.807, 2.05) is 19.1 Å². The van der Waals surface area contributed by atoms with Crippen molar-refractivity contribution in [2.24, 2.45) is 0 Å². The molecule has 0 spiro atoms. The summed E-state index contributed by atoms with van der Waals surface area (Å²) in [5, 5.41) is 2.86. The first-order valence-electron chi connectivity index (χ1n) is 8.34. The van der Waals surface area contributed by atoms with Gasteiger partial charge in [-0.15, -0.1) is 0 Å². The van der Waals surface area contributed by atoms with E-state index in [2.05, 4.69) is 10.3 Å². The lowest BCUT2D eigenvalue weighted by atomic mass is 10.0. The van der Waals surface area contributed by atoms with Crippen molar-refractivity contribution in [3.8, 4) is 5.75 Å². The fraction of sp³-hybridized carbons (Fsp3) is 0.316. The zero-order valence-corrected chi connectivity index (χ0v) is 15.1. The van der Waals surface area contributed by atoms with Gasteiger partial charge in [-0.1, -0.05) is 25.1 Å². The van der Waals surface area contributed by atoms with Gasteiger partial charge in [0.2, 0.25) is 0 Å². The van der Waals surface area contributed by atoms with Gasteiger partial charge in [-0.05, 0) is 24.6 Å². The zero-order chi connectivity index (χ0) is 19.1. The molecule has 1 atom stereocenters. The molecule has 0 aliphatic carbocycles. The van der Waals surface area contributed by atoms with Gasteiger partial charge in [-0.2, -0.15) is 0 Å². The van der Waals surface area contributed by atoms with E-state index >= 15 is 0 Å². The summed E-state index contributed by atoms with van der Waals surface area (Å²) in [5.74, 6) is -0.0950. The van der Waals surface area contributed by atoms with Crippen molar-refractivity contribution >= 4 is 11.8 Å². The van der Waals surface area contributed by atoms with Crippen molar-refractivity contribution < 1.29 is 14.3 Å². The fourth-order valence-electron chi connectivity index (χ4n) is 2.40. The van der Waals surface area contributed by atoms with E-state index in [9.17, 15) is 14.4 Å². The Morgan fingerprint density at radius 3 is 2.58 bits per heavy atom. The number of aromatic nitrogens is 1. The highest BCUT2D eigenvalue weighted by molar-refractivity contribution is 5.94. The highest BCUT2D eigenvalue weighted by Crippen LogP contribution is 2.27. The summed E-state index contributed by atoms with van der Waals surface area (Å²) < 4.78 is 5.64. The molecule has 2 amide bonds. The Kier molecular flexibility index (Phi) is 6.54. The predicted octanol–water partition coefficient (Wildman–Crippen LogP) is 1.72. The number of rotatable bonds is 7. The van der Waals surface area contributed by atoms with Crippen LogP contribution in [0.2, 0.25) is 0 Å². The molecule has 2 aromatic rings. The molecule has 2 rings (SSSR count). The lowest BCUT2D eigenvalue weighted by Gasteiger charge is -2.21. The molecular weight excluding hydrogens is 334 g/mol. The van der Waals surface area contributed by atoms with Gasteiger partial charge < -0.3 is 19.9 Å². The quantitative estimate of drug-likeness (QED) is 0.789. The van der Waals surface area contributed by atoms with Crippen LogP contribution in [-0.4, -0.2) is 42.4 Å². The fourth-order valence-corrected chi connectivity index (χ4v) is 2.40. The third-order valence-electron chi connectivity index (χ3n) is 3.92. The highest BCUT2D eigenvalue weighted by atomic mass is 16.5. The van der Waals surface area contributed by atoms with Crippen molar-refractivity contribution in [3.63, 3.8) is 0 Å². The molecule has 7 nitrogen and oxygen atoms in total. The Morgan fingerprint density at radius 1 is 1.19 bits per heavy atom. The van der Waals surface area contributed by atoms with Crippen LogP contribution in [0, 0.1) is 0 Å². The molecule has 138 valence electrons. The number of benzene rings is 1. The number of para-hydroxylation sites is 1. The average Bonchev–Trinajstić information content (AvgIpc) is 2.64. The Balaban J connectivity index is 2.19. The minimum Gasteiger partial charge on any atom is -0.483 e. The van der Waals surface area contributed by atoms with Gasteiger partial charge in [0.1, 0.15) is 11.3 Å². The van der Waals surface area contributed by atoms with Crippen LogP contribution in [-0.2, 0) is 4.79 Å². The van der Waals surface area contributed by atoms with Crippen LogP contribution in [0.4, 0.5) is 0 Å². The van der Waals surface area contributed by atoms with Gasteiger partial charge in [-0.25, -0.2) is 0 Å². The van der Waals surface area contributed by atoms with E-state index in [4.69, 9.17) is 4.74 Å². The summed E-state index contributed by atoms with van der Waals surface area (Å²) in [4.78, 5) is 39.9. The van der Waals surface area contributed by atoms with E-state index in [1.165, 1.54) is 17.2 Å². The summed E-state index contributed by atoms with van der Waals surface area (Å²) in [6.45, 7) is 1.83. The molecule has 0 aliphatic rings. The molecule has 1 heterocycles. The monoisotopic (exact) mass is 357 g/mol. The van der Waals surface area contributed by atoms with Crippen LogP contribution in [0.25, 0.3) is 0 Å². The van der Waals surface area contributed by atoms with E-state index in [-0.39, 0.29) is 24.1 Å². The van der Waals surface area contributed by atoms with Gasteiger partial charge in [-0.3, -0.25) is 14.4 Å². The number of hydrogen-bond donors (Lipinski definition) is 2. The summed E-state index contributed by atoms with van der Waals surface area (Å²) in [5.41, 5.74) is 0.357. The molecule has 7 heteroatoms. The summed E-state index contributed by atoms with van der Waals surface area (Å²) in [7, 11) is 3.31. The Labute approximate surface area is 152 Å². The van der Waals surface area contributed by atoms with Crippen LogP contribution in [0.15, 0.2) is 47.4 Å². The van der Waals surface area contributed by atoms with E-state index in [0.717, 1.165) is 5.56 Å².